The lowest BCUT2D eigenvalue weighted by Gasteiger charge is -2.38. The number of aromatic nitrogens is 2. The van der Waals surface area contributed by atoms with Crippen molar-refractivity contribution in [2.24, 2.45) is 0 Å². The van der Waals surface area contributed by atoms with Crippen LogP contribution in [0.2, 0.25) is 5.02 Å². The lowest BCUT2D eigenvalue weighted by atomic mass is 9.69. The normalized spacial score (nSPS) is 21.1. The smallest absolute Gasteiger partial charge is 0.282 e. The Morgan fingerprint density at radius 1 is 0.855 bits per heavy atom. The molecule has 0 radical (unpaired) electrons. The first-order chi connectivity index (χ1) is 30.1. The van der Waals surface area contributed by atoms with Crippen LogP contribution in [-0.4, -0.2) is 82.3 Å². The number of fused-ring (bicyclic) bond motifs is 11. The fraction of sp³-hybridized carbons (Fsp3) is 0.510. The van der Waals surface area contributed by atoms with Gasteiger partial charge in [0.2, 0.25) is 17.7 Å². The maximum atomic E-state index is 13.3. The molecule has 324 valence electrons. The van der Waals surface area contributed by atoms with E-state index >= 15 is 0 Å². The first-order valence-corrected chi connectivity index (χ1v) is 23.3. The van der Waals surface area contributed by atoms with Gasteiger partial charge in [0.25, 0.3) is 11.5 Å². The van der Waals surface area contributed by atoms with Gasteiger partial charge in [-0.2, -0.15) is 4.98 Å². The molecule has 0 atom stereocenters. The van der Waals surface area contributed by atoms with Crippen LogP contribution in [0.15, 0.2) is 53.3 Å². The number of nitrogens with one attached hydrogen (secondary N) is 2. The Kier molecular flexibility index (Phi) is 10.9. The third kappa shape index (κ3) is 7.20. The van der Waals surface area contributed by atoms with Crippen LogP contribution in [0.4, 0.5) is 0 Å². The molecule has 3 saturated heterocycles. The number of halogens is 1. The maximum absolute atomic E-state index is 13.3. The summed E-state index contributed by atoms with van der Waals surface area (Å²) < 4.78 is 8.47. The molecule has 3 aromatic carbocycles. The molecule has 2 spiro atoms. The Bertz CT molecular complexity index is 2520. The molecule has 4 fully saturated rings. The topological polar surface area (TPSA) is 143 Å². The van der Waals surface area contributed by atoms with Gasteiger partial charge in [-0.15, -0.1) is 0 Å². The Labute approximate surface area is 366 Å². The molecule has 1 aromatic heterocycles. The Hall–Kier alpha value is -5.07. The SMILES string of the molecule is O=C1CCCC(=O)N1.O=C1NCc2c1ccc1c2OCC12CCN(C(=O)CCCCN1CCC(c3ccc4c(c3)-n3c(nc(=O)c5c(Cl)cccc53)C43CCCCC3)CC1)CC2. The number of hydrogen-bond donors (Lipinski definition) is 2. The number of hydrogen-bond acceptors (Lipinski definition) is 8. The number of carbonyl (C=O) groups excluding carboxylic acids is 4. The van der Waals surface area contributed by atoms with Gasteiger partial charge in [0.1, 0.15) is 11.6 Å². The number of likely N-dealkylation sites (tertiary alicyclic amines) is 2. The standard InChI is InChI=1S/C44H48ClN5O4.C5H7NO2/c45-34-7-6-8-35-38(34)41(53)47-42-44(16-3-1-4-17-44)32-12-10-29(25-36(32)50(35)42)28-14-21-48(22-15-28)20-5-2-9-37(51)49-23-18-43(19-24-49)27-54-39-31-26-46-40(52)30(31)11-13-33(39)43;7-4-2-1-3-5(8)6-4/h6-8,10-13,25,28H,1-5,9,14-24,26-27H2,(H,46,52);1-3H2,(H,6,7,8). The van der Waals surface area contributed by atoms with Crippen LogP contribution in [0.1, 0.15) is 141 Å². The summed E-state index contributed by atoms with van der Waals surface area (Å²) in [4.78, 5) is 68.8. The van der Waals surface area contributed by atoms with E-state index < -0.39 is 0 Å². The lowest BCUT2D eigenvalue weighted by molar-refractivity contribution is -0.134. The zero-order chi connectivity index (χ0) is 42.6. The minimum Gasteiger partial charge on any atom is -0.492 e. The number of piperidine rings is 3. The molecule has 2 N–H and O–H groups in total. The molecular weight excluding hydrogens is 804 g/mol. The summed E-state index contributed by atoms with van der Waals surface area (Å²) in [5, 5.41) is 6.10. The van der Waals surface area contributed by atoms with E-state index in [0.717, 1.165) is 125 Å². The van der Waals surface area contributed by atoms with Crippen LogP contribution in [0.3, 0.4) is 0 Å². The average Bonchev–Trinajstić information content (AvgIpc) is 3.92. The van der Waals surface area contributed by atoms with E-state index in [1.165, 1.54) is 28.8 Å². The Balaban J connectivity index is 0.000000518. The molecule has 11 rings (SSSR count). The molecule has 13 heteroatoms. The maximum Gasteiger partial charge on any atom is 0.282 e. The largest absolute Gasteiger partial charge is 0.492 e. The summed E-state index contributed by atoms with van der Waals surface area (Å²) in [6.45, 7) is 5.86. The molecule has 4 amide bonds. The summed E-state index contributed by atoms with van der Waals surface area (Å²) in [5.74, 6) is 2.27. The van der Waals surface area contributed by atoms with Crippen molar-refractivity contribution in [1.29, 1.82) is 0 Å². The van der Waals surface area contributed by atoms with Crippen molar-refractivity contribution in [2.75, 3.05) is 39.3 Å². The van der Waals surface area contributed by atoms with Crippen molar-refractivity contribution < 1.29 is 23.9 Å². The van der Waals surface area contributed by atoms with Crippen molar-refractivity contribution in [3.63, 3.8) is 0 Å². The molecule has 62 heavy (non-hydrogen) atoms. The second-order valence-electron chi connectivity index (χ2n) is 18.6. The van der Waals surface area contributed by atoms with E-state index in [2.05, 4.69) is 49.3 Å². The van der Waals surface area contributed by atoms with Crippen molar-refractivity contribution in [1.82, 2.24) is 30.0 Å². The van der Waals surface area contributed by atoms with E-state index in [0.29, 0.717) is 55.2 Å². The van der Waals surface area contributed by atoms with Gasteiger partial charge in [0.05, 0.1) is 33.6 Å². The first-order valence-electron chi connectivity index (χ1n) is 22.9. The van der Waals surface area contributed by atoms with E-state index in [1.54, 1.807) is 6.07 Å². The van der Waals surface area contributed by atoms with E-state index in [9.17, 15) is 24.0 Å². The number of imide groups is 1. The van der Waals surface area contributed by atoms with Gasteiger partial charge < -0.3 is 19.9 Å². The predicted octanol–water partition coefficient (Wildman–Crippen LogP) is 6.96. The van der Waals surface area contributed by atoms with E-state index in [1.807, 2.05) is 18.2 Å². The van der Waals surface area contributed by atoms with Gasteiger partial charge >= 0.3 is 0 Å². The molecule has 1 saturated carbocycles. The third-order valence-corrected chi connectivity index (χ3v) is 15.4. The molecule has 0 bridgehead atoms. The second kappa shape index (κ2) is 16.6. The molecule has 7 aliphatic rings. The van der Waals surface area contributed by atoms with Crippen LogP contribution in [-0.2, 0) is 31.8 Å². The monoisotopic (exact) mass is 858 g/mol. The van der Waals surface area contributed by atoms with Crippen molar-refractivity contribution in [2.45, 2.75) is 120 Å². The van der Waals surface area contributed by atoms with Gasteiger partial charge in [0, 0.05) is 61.0 Å². The summed E-state index contributed by atoms with van der Waals surface area (Å²) >= 11 is 6.59. The number of benzene rings is 3. The zero-order valence-corrected chi connectivity index (χ0v) is 36.1. The van der Waals surface area contributed by atoms with Gasteiger partial charge in [-0.1, -0.05) is 55.1 Å². The van der Waals surface area contributed by atoms with Gasteiger partial charge in [-0.05, 0) is 119 Å². The van der Waals surface area contributed by atoms with Gasteiger partial charge in [-0.3, -0.25) is 33.9 Å². The number of nitrogens with zero attached hydrogens (tertiary/aromatic N) is 4. The van der Waals surface area contributed by atoms with Gasteiger partial charge in [0.15, 0.2) is 0 Å². The molecule has 1 aliphatic carbocycles. The van der Waals surface area contributed by atoms with E-state index in [4.69, 9.17) is 21.3 Å². The highest BCUT2D eigenvalue weighted by atomic mass is 35.5. The van der Waals surface area contributed by atoms with Crippen LogP contribution < -0.4 is 20.9 Å². The predicted molar refractivity (Wildman–Crippen MR) is 236 cm³/mol. The van der Waals surface area contributed by atoms with Crippen molar-refractivity contribution >= 4 is 46.1 Å². The number of rotatable bonds is 6. The molecular formula is C49H55ClN6O6. The minimum atomic E-state index is -0.219. The second-order valence-corrected chi connectivity index (χ2v) is 19.0. The highest BCUT2D eigenvalue weighted by Gasteiger charge is 2.48. The van der Waals surface area contributed by atoms with Gasteiger partial charge in [-0.25, -0.2) is 0 Å². The molecule has 6 aliphatic heterocycles. The van der Waals surface area contributed by atoms with Crippen molar-refractivity contribution in [3.8, 4) is 11.4 Å². The molecule has 7 heterocycles. The average molecular weight is 859 g/mol. The fourth-order valence-corrected chi connectivity index (χ4v) is 11.9. The zero-order valence-electron chi connectivity index (χ0n) is 35.4. The van der Waals surface area contributed by atoms with Crippen LogP contribution in [0, 0.1) is 0 Å². The van der Waals surface area contributed by atoms with Crippen LogP contribution in [0.5, 0.6) is 5.75 Å². The highest BCUT2D eigenvalue weighted by molar-refractivity contribution is 6.35. The first kappa shape index (κ1) is 41.0. The quantitative estimate of drug-likeness (QED) is 0.157. The summed E-state index contributed by atoms with van der Waals surface area (Å²) in [6.07, 6.45) is 13.9. The number of amides is 4. The Morgan fingerprint density at radius 2 is 1.61 bits per heavy atom. The lowest BCUT2D eigenvalue weighted by Crippen LogP contribution is -2.46. The third-order valence-electron chi connectivity index (χ3n) is 15.1. The van der Waals surface area contributed by atoms with Crippen molar-refractivity contribution in [3.05, 3.63) is 97.5 Å². The van der Waals surface area contributed by atoms with Crippen LogP contribution in [0.25, 0.3) is 16.6 Å². The Morgan fingerprint density at radius 3 is 2.35 bits per heavy atom. The molecule has 12 nitrogen and oxygen atoms in total. The number of unbranched alkanes of at least 4 members (excludes halogenated alkanes) is 1. The number of carbonyl (C=O) groups is 4. The van der Waals surface area contributed by atoms with Crippen LogP contribution >= 0.6 is 11.6 Å². The highest BCUT2D eigenvalue weighted by Crippen LogP contribution is 2.53. The summed E-state index contributed by atoms with van der Waals surface area (Å²) in [7, 11) is 0. The summed E-state index contributed by atoms with van der Waals surface area (Å²) in [5.41, 5.74) is 7.21. The summed E-state index contributed by atoms with van der Waals surface area (Å²) in [6, 6.07) is 16.9. The molecule has 0 unspecified atom stereocenters. The minimum absolute atomic E-state index is 0.0177. The fourth-order valence-electron chi connectivity index (χ4n) is 11.7. The van der Waals surface area contributed by atoms with E-state index in [-0.39, 0.29) is 40.0 Å². The molecule has 4 aromatic rings. The number of ether oxygens (including phenoxy) is 1.